The minimum Gasteiger partial charge on any atom is -0.494 e. The fourth-order valence-electron chi connectivity index (χ4n) is 5.18. The highest BCUT2D eigenvalue weighted by Gasteiger charge is 2.30. The Kier molecular flexibility index (Phi) is 6.03. The standard InChI is InChI=1S/C29H28N6O3/c1-3-25(36)34-14-13-33(23-11-6-8-19(2)26(23)34)24-16-20-18-30-29-31-21-9-7-10-22(17-21)38-15-5-4-12-35(28(24)37)27(20)32-29/h3,6-11,16-18H,1,4-5,12-15H2,2H3,(H,30,31,32). The molecule has 2 aliphatic rings. The average molecular weight is 509 g/mol. The van der Waals surface area contributed by atoms with Crippen LogP contribution in [0.5, 0.6) is 5.75 Å². The summed E-state index contributed by atoms with van der Waals surface area (Å²) in [5, 5.41) is 4.00. The zero-order valence-electron chi connectivity index (χ0n) is 21.2. The molecule has 2 aromatic heterocycles. The van der Waals surface area contributed by atoms with Crippen LogP contribution in [0.2, 0.25) is 0 Å². The van der Waals surface area contributed by atoms with Gasteiger partial charge in [-0.25, -0.2) is 4.98 Å². The van der Waals surface area contributed by atoms with E-state index in [-0.39, 0.29) is 11.5 Å². The lowest BCUT2D eigenvalue weighted by atomic mass is 10.1. The summed E-state index contributed by atoms with van der Waals surface area (Å²) in [5.74, 6) is 1.03. The van der Waals surface area contributed by atoms with E-state index >= 15 is 0 Å². The van der Waals surface area contributed by atoms with E-state index in [2.05, 4.69) is 16.9 Å². The Balaban J connectivity index is 1.49. The number of rotatable bonds is 2. The van der Waals surface area contributed by atoms with Crippen molar-refractivity contribution in [1.82, 2.24) is 14.5 Å². The molecule has 4 heterocycles. The van der Waals surface area contributed by atoms with Gasteiger partial charge in [0.05, 0.1) is 18.0 Å². The number of hydrogen-bond donors (Lipinski definition) is 1. The van der Waals surface area contributed by atoms with Crippen LogP contribution >= 0.6 is 0 Å². The van der Waals surface area contributed by atoms with E-state index in [0.717, 1.165) is 46.6 Å². The second-order valence-corrected chi connectivity index (χ2v) is 9.46. The van der Waals surface area contributed by atoms with Gasteiger partial charge in [-0.3, -0.25) is 14.2 Å². The molecule has 9 heteroatoms. The van der Waals surface area contributed by atoms with Gasteiger partial charge in [0.25, 0.3) is 11.5 Å². The fraction of sp³-hybridized carbons (Fsp3) is 0.241. The smallest absolute Gasteiger partial charge is 0.276 e. The van der Waals surface area contributed by atoms with Crippen LogP contribution in [0, 0.1) is 6.92 Å². The van der Waals surface area contributed by atoms with Gasteiger partial charge in [-0.15, -0.1) is 0 Å². The van der Waals surface area contributed by atoms with E-state index in [0.29, 0.717) is 43.5 Å². The molecule has 0 unspecified atom stereocenters. The zero-order chi connectivity index (χ0) is 26.2. The monoisotopic (exact) mass is 508 g/mol. The maximum absolute atomic E-state index is 14.1. The maximum atomic E-state index is 14.1. The molecule has 38 heavy (non-hydrogen) atoms. The summed E-state index contributed by atoms with van der Waals surface area (Å²) in [6, 6.07) is 15.4. The number of ether oxygens (including phenoxy) is 1. The molecule has 2 aromatic carbocycles. The quantitative estimate of drug-likeness (QED) is 0.393. The first-order valence-corrected chi connectivity index (χ1v) is 12.7. The number of amides is 1. The third-order valence-corrected chi connectivity index (χ3v) is 7.00. The molecule has 2 aliphatic heterocycles. The van der Waals surface area contributed by atoms with Gasteiger partial charge >= 0.3 is 0 Å². The Morgan fingerprint density at radius 3 is 2.82 bits per heavy atom. The number of nitrogens with zero attached hydrogens (tertiary/aromatic N) is 5. The molecule has 1 N–H and O–H groups in total. The van der Waals surface area contributed by atoms with Gasteiger partial charge in [0.1, 0.15) is 17.1 Å². The van der Waals surface area contributed by atoms with Gasteiger partial charge in [-0.05, 0) is 55.7 Å². The van der Waals surface area contributed by atoms with Crippen molar-refractivity contribution in [3.63, 3.8) is 0 Å². The number of para-hydroxylation sites is 1. The summed E-state index contributed by atoms with van der Waals surface area (Å²) in [6.45, 7) is 7.59. The second kappa shape index (κ2) is 9.66. The predicted molar refractivity (Wildman–Crippen MR) is 149 cm³/mol. The van der Waals surface area contributed by atoms with Crippen LogP contribution in [0.15, 0.2) is 72.2 Å². The normalized spacial score (nSPS) is 15.0. The topological polar surface area (TPSA) is 92.6 Å². The molecule has 0 saturated heterocycles. The number of anilines is 5. The first-order chi connectivity index (χ1) is 18.5. The Hall–Kier alpha value is -4.66. The Morgan fingerprint density at radius 2 is 1.95 bits per heavy atom. The molecular formula is C29H28N6O3. The van der Waals surface area contributed by atoms with Gasteiger partial charge in [-0.1, -0.05) is 24.8 Å². The number of fused-ring (bicyclic) bond motifs is 4. The van der Waals surface area contributed by atoms with Crippen molar-refractivity contribution in [2.45, 2.75) is 26.3 Å². The summed E-state index contributed by atoms with van der Waals surface area (Å²) in [5.41, 5.74) is 4.36. The van der Waals surface area contributed by atoms with Gasteiger partial charge < -0.3 is 19.9 Å². The molecule has 9 nitrogen and oxygen atoms in total. The van der Waals surface area contributed by atoms with Crippen molar-refractivity contribution < 1.29 is 9.53 Å². The van der Waals surface area contributed by atoms with Crippen LogP contribution < -0.4 is 25.4 Å². The first kappa shape index (κ1) is 23.7. The highest BCUT2D eigenvalue weighted by atomic mass is 16.5. The van der Waals surface area contributed by atoms with Crippen molar-refractivity contribution in [2.24, 2.45) is 0 Å². The highest BCUT2D eigenvalue weighted by Crippen LogP contribution is 2.39. The minimum absolute atomic E-state index is 0.130. The van der Waals surface area contributed by atoms with E-state index in [1.54, 1.807) is 15.7 Å². The van der Waals surface area contributed by atoms with Gasteiger partial charge in [0.2, 0.25) is 5.95 Å². The fourth-order valence-corrected chi connectivity index (χ4v) is 5.18. The molecule has 0 fully saturated rings. The molecule has 0 atom stereocenters. The van der Waals surface area contributed by atoms with Crippen molar-refractivity contribution in [3.05, 3.63) is 83.3 Å². The lowest BCUT2D eigenvalue weighted by molar-refractivity contribution is -0.114. The number of aromatic nitrogens is 3. The molecule has 192 valence electrons. The number of benzene rings is 2. The molecule has 6 rings (SSSR count). The van der Waals surface area contributed by atoms with Crippen LogP contribution in [0.4, 0.5) is 28.7 Å². The summed E-state index contributed by atoms with van der Waals surface area (Å²) in [4.78, 5) is 39.7. The van der Waals surface area contributed by atoms with Crippen molar-refractivity contribution in [3.8, 4) is 5.75 Å². The van der Waals surface area contributed by atoms with Crippen LogP contribution in [-0.2, 0) is 11.3 Å². The largest absolute Gasteiger partial charge is 0.494 e. The summed E-state index contributed by atoms with van der Waals surface area (Å²) >= 11 is 0. The van der Waals surface area contributed by atoms with Crippen molar-refractivity contribution >= 4 is 45.6 Å². The number of carbonyl (C=O) groups is 1. The van der Waals surface area contributed by atoms with E-state index in [9.17, 15) is 9.59 Å². The van der Waals surface area contributed by atoms with E-state index < -0.39 is 0 Å². The van der Waals surface area contributed by atoms with Crippen molar-refractivity contribution in [2.75, 3.05) is 34.8 Å². The number of pyridine rings is 1. The SMILES string of the molecule is C=CC(=O)N1CCN(c2cc3cnc4nc3n(c2=O)CCCCOc2cccc(c2)N4)c2cccc(C)c21. The van der Waals surface area contributed by atoms with Crippen LogP contribution in [-0.4, -0.2) is 40.1 Å². The molecule has 1 amide bonds. The number of hydrogen-bond acceptors (Lipinski definition) is 7. The lowest BCUT2D eigenvalue weighted by Gasteiger charge is -2.38. The third kappa shape index (κ3) is 4.15. The van der Waals surface area contributed by atoms with Gasteiger partial charge in [0.15, 0.2) is 0 Å². The predicted octanol–water partition coefficient (Wildman–Crippen LogP) is 4.69. The maximum Gasteiger partial charge on any atom is 0.276 e. The van der Waals surface area contributed by atoms with Crippen LogP contribution in [0.3, 0.4) is 0 Å². The Morgan fingerprint density at radius 1 is 1.08 bits per heavy atom. The van der Waals surface area contributed by atoms with Gasteiger partial charge in [0, 0.05) is 43.0 Å². The average Bonchev–Trinajstić information content (AvgIpc) is 2.94. The molecule has 0 saturated carbocycles. The molecular weight excluding hydrogens is 480 g/mol. The zero-order valence-corrected chi connectivity index (χ0v) is 21.2. The molecule has 0 spiro atoms. The van der Waals surface area contributed by atoms with E-state index in [1.165, 1.54) is 6.08 Å². The van der Waals surface area contributed by atoms with E-state index in [4.69, 9.17) is 9.72 Å². The molecule has 4 aromatic rings. The summed E-state index contributed by atoms with van der Waals surface area (Å²) < 4.78 is 7.65. The van der Waals surface area contributed by atoms with Crippen LogP contribution in [0.1, 0.15) is 18.4 Å². The van der Waals surface area contributed by atoms with Crippen molar-refractivity contribution in [1.29, 1.82) is 0 Å². The lowest BCUT2D eigenvalue weighted by Crippen LogP contribution is -2.44. The molecule has 0 radical (unpaired) electrons. The third-order valence-electron chi connectivity index (χ3n) is 7.00. The number of carbonyl (C=O) groups excluding carboxylic acids is 1. The number of aryl methyl sites for hydroxylation is 2. The molecule has 0 aliphatic carbocycles. The Bertz CT molecular complexity index is 1630. The highest BCUT2D eigenvalue weighted by molar-refractivity contribution is 6.05. The Labute approximate surface area is 220 Å². The first-order valence-electron chi connectivity index (χ1n) is 12.7. The molecule has 4 bridgehead atoms. The summed E-state index contributed by atoms with van der Waals surface area (Å²) in [7, 11) is 0. The minimum atomic E-state index is -0.158. The second-order valence-electron chi connectivity index (χ2n) is 9.46. The van der Waals surface area contributed by atoms with Crippen LogP contribution in [0.25, 0.3) is 11.0 Å². The van der Waals surface area contributed by atoms with Gasteiger partial charge in [-0.2, -0.15) is 4.98 Å². The number of nitrogens with one attached hydrogen (secondary N) is 1. The summed E-state index contributed by atoms with van der Waals surface area (Å²) in [6.07, 6.45) is 4.62. The van der Waals surface area contributed by atoms with E-state index in [1.807, 2.05) is 60.4 Å².